The first-order chi connectivity index (χ1) is 15.6. The highest BCUT2D eigenvalue weighted by Gasteiger charge is 2.33. The Labute approximate surface area is 191 Å². The largest absolute Gasteiger partial charge is 0.496 e. The van der Waals surface area contributed by atoms with Crippen LogP contribution in [-0.4, -0.2) is 47.4 Å². The molecule has 1 saturated carbocycles. The van der Waals surface area contributed by atoms with E-state index in [9.17, 15) is 24.0 Å². The summed E-state index contributed by atoms with van der Waals surface area (Å²) in [6.45, 7) is 2.62. The van der Waals surface area contributed by atoms with Crippen molar-refractivity contribution >= 4 is 28.5 Å². The molecule has 8 nitrogen and oxygen atoms in total. The van der Waals surface area contributed by atoms with Crippen LogP contribution in [0.4, 0.5) is 4.39 Å². The van der Waals surface area contributed by atoms with Crippen molar-refractivity contribution in [3.63, 3.8) is 0 Å². The number of nitrogens with zero attached hydrogens (tertiary/aromatic N) is 1. The summed E-state index contributed by atoms with van der Waals surface area (Å²) in [6, 6.07) is 6.82. The number of benzene rings is 1. The molecule has 176 valence electrons. The predicted octanol–water partition coefficient (Wildman–Crippen LogP) is 3.18. The molecule has 3 N–H and O–H groups in total. The number of carbonyl (C=O) groups excluding carboxylic acids is 3. The van der Waals surface area contributed by atoms with Gasteiger partial charge in [0.05, 0.1) is 13.2 Å². The molecule has 2 amide bonds. The molecule has 0 aliphatic heterocycles. The van der Waals surface area contributed by atoms with E-state index in [-0.39, 0.29) is 30.2 Å². The van der Waals surface area contributed by atoms with Crippen molar-refractivity contribution in [1.82, 2.24) is 15.6 Å². The van der Waals surface area contributed by atoms with Gasteiger partial charge in [-0.25, -0.2) is 4.39 Å². The number of halogens is 1. The Hall–Kier alpha value is -3.41. The van der Waals surface area contributed by atoms with E-state index in [0.717, 1.165) is 6.42 Å². The van der Waals surface area contributed by atoms with Crippen LogP contribution in [0.2, 0.25) is 0 Å². The number of H-pyrrole nitrogens is 1. The Morgan fingerprint density at radius 1 is 1.36 bits per heavy atom. The topological polar surface area (TPSA) is 124 Å². The molecular formula is C24H29FN4O4. The van der Waals surface area contributed by atoms with E-state index in [0.29, 0.717) is 29.5 Å². The minimum Gasteiger partial charge on any atom is -0.496 e. The molecule has 1 aromatic heterocycles. The first kappa shape index (κ1) is 24.2. The lowest BCUT2D eigenvalue weighted by Gasteiger charge is -2.25. The summed E-state index contributed by atoms with van der Waals surface area (Å²) in [5.74, 6) is -0.840. The van der Waals surface area contributed by atoms with Crippen LogP contribution in [0, 0.1) is 17.2 Å². The van der Waals surface area contributed by atoms with E-state index in [4.69, 9.17) is 4.74 Å². The van der Waals surface area contributed by atoms with E-state index in [1.165, 1.54) is 21.0 Å². The predicted molar refractivity (Wildman–Crippen MR) is 120 cm³/mol. The normalized spacial score (nSPS) is 17.9. The highest BCUT2D eigenvalue weighted by Crippen LogP contribution is 2.27. The van der Waals surface area contributed by atoms with Crippen molar-refractivity contribution in [2.45, 2.75) is 63.7 Å². The molecule has 0 unspecified atom stereocenters. The zero-order chi connectivity index (χ0) is 24.2. The van der Waals surface area contributed by atoms with Gasteiger partial charge in [0.2, 0.25) is 5.91 Å². The van der Waals surface area contributed by atoms with Crippen LogP contribution < -0.4 is 15.4 Å². The average molecular weight is 457 g/mol. The summed E-state index contributed by atoms with van der Waals surface area (Å²) in [7, 11) is 1.52. The van der Waals surface area contributed by atoms with Crippen molar-refractivity contribution < 1.29 is 23.5 Å². The molecule has 1 heterocycles. The van der Waals surface area contributed by atoms with Crippen LogP contribution in [0.15, 0.2) is 24.3 Å². The van der Waals surface area contributed by atoms with Crippen LogP contribution >= 0.6 is 0 Å². The lowest BCUT2D eigenvalue weighted by atomic mass is 9.96. The average Bonchev–Trinajstić information content (AvgIpc) is 3.37. The van der Waals surface area contributed by atoms with Gasteiger partial charge in [0.15, 0.2) is 0 Å². The molecule has 0 bridgehead atoms. The highest BCUT2D eigenvalue weighted by atomic mass is 19.1. The van der Waals surface area contributed by atoms with Gasteiger partial charge in [-0.2, -0.15) is 5.26 Å². The van der Waals surface area contributed by atoms with Crippen molar-refractivity contribution in [1.29, 1.82) is 5.26 Å². The van der Waals surface area contributed by atoms with Gasteiger partial charge < -0.3 is 20.4 Å². The van der Waals surface area contributed by atoms with Crippen molar-refractivity contribution in [3.05, 3.63) is 30.0 Å². The second-order valence-electron chi connectivity index (χ2n) is 9.03. The van der Waals surface area contributed by atoms with Crippen LogP contribution in [-0.2, 0) is 9.59 Å². The Morgan fingerprint density at radius 2 is 2.12 bits per heavy atom. The van der Waals surface area contributed by atoms with E-state index in [1.807, 2.05) is 6.07 Å². The van der Waals surface area contributed by atoms with Crippen LogP contribution in [0.5, 0.6) is 5.75 Å². The standard InChI is InChI=1S/C24H29FN4O4/c1-24(2,25)12-19(23(32)27-15(13-26)10-14-6-4-8-20(14)30)29-22(31)18-11-16-17(28-18)7-5-9-21(16)33-3/h5,7,9,11,14-15,19,28H,4,6,8,10,12H2,1-3H3,(H,27,32)(H,29,31)/t14-,15-,19-/m0/s1. The SMILES string of the molecule is COc1cccc2[nH]c(C(=O)N[C@@H](CC(C)(C)F)C(=O)N[C@H](C#N)C[C@@H]3CCCC3=O)cc12. The van der Waals surface area contributed by atoms with Gasteiger partial charge in [-0.3, -0.25) is 14.4 Å². The number of alkyl halides is 1. The summed E-state index contributed by atoms with van der Waals surface area (Å²) < 4.78 is 19.8. The molecule has 1 fully saturated rings. The van der Waals surface area contributed by atoms with E-state index >= 15 is 0 Å². The Balaban J connectivity index is 1.74. The molecule has 3 atom stereocenters. The first-order valence-electron chi connectivity index (χ1n) is 11.0. The summed E-state index contributed by atoms with van der Waals surface area (Å²) >= 11 is 0. The number of ketones is 1. The number of nitrogens with one attached hydrogen (secondary N) is 3. The van der Waals surface area contributed by atoms with Gasteiger partial charge in [0.1, 0.15) is 35.0 Å². The molecule has 0 saturated heterocycles. The Kier molecular flexibility index (Phi) is 7.36. The number of aromatic amines is 1. The molecule has 3 rings (SSSR count). The molecule has 1 aliphatic carbocycles. The van der Waals surface area contributed by atoms with Gasteiger partial charge >= 0.3 is 0 Å². The molecule has 33 heavy (non-hydrogen) atoms. The molecule has 1 aliphatic rings. The van der Waals surface area contributed by atoms with Gasteiger partial charge in [0.25, 0.3) is 5.91 Å². The van der Waals surface area contributed by atoms with Crippen LogP contribution in [0.3, 0.4) is 0 Å². The second kappa shape index (κ2) is 10.0. The second-order valence-corrected chi connectivity index (χ2v) is 9.03. The van der Waals surface area contributed by atoms with Crippen molar-refractivity contribution in [2.24, 2.45) is 5.92 Å². The fourth-order valence-electron chi connectivity index (χ4n) is 4.20. The number of nitriles is 1. The number of aromatic nitrogens is 1. The van der Waals surface area contributed by atoms with E-state index in [1.54, 1.807) is 24.3 Å². The highest BCUT2D eigenvalue weighted by molar-refractivity contribution is 6.01. The van der Waals surface area contributed by atoms with Gasteiger partial charge in [0, 0.05) is 29.7 Å². The fraction of sp³-hybridized carbons (Fsp3) is 0.500. The number of methoxy groups -OCH3 is 1. The van der Waals surface area contributed by atoms with Crippen LogP contribution in [0.25, 0.3) is 10.9 Å². The zero-order valence-electron chi connectivity index (χ0n) is 19.0. The minimum atomic E-state index is -1.75. The number of amides is 2. The maximum absolute atomic E-state index is 14.5. The molecule has 0 radical (unpaired) electrons. The molecule has 2 aromatic rings. The summed E-state index contributed by atoms with van der Waals surface area (Å²) in [6.07, 6.45) is 1.88. The quantitative estimate of drug-likeness (QED) is 0.535. The maximum Gasteiger partial charge on any atom is 0.268 e. The van der Waals surface area contributed by atoms with E-state index in [2.05, 4.69) is 15.6 Å². The van der Waals surface area contributed by atoms with Crippen molar-refractivity contribution in [3.8, 4) is 11.8 Å². The summed E-state index contributed by atoms with van der Waals surface area (Å²) in [5, 5.41) is 15.3. The van der Waals surface area contributed by atoms with E-state index < -0.39 is 29.6 Å². The third kappa shape index (κ3) is 6.09. The number of hydrogen-bond acceptors (Lipinski definition) is 5. The number of fused-ring (bicyclic) bond motifs is 1. The van der Waals surface area contributed by atoms with Gasteiger partial charge in [-0.05, 0) is 51.3 Å². The molecule has 1 aromatic carbocycles. The minimum absolute atomic E-state index is 0.0912. The number of hydrogen-bond donors (Lipinski definition) is 3. The Morgan fingerprint density at radius 3 is 2.73 bits per heavy atom. The first-order valence-corrected chi connectivity index (χ1v) is 11.0. The molecule has 9 heteroatoms. The maximum atomic E-state index is 14.5. The smallest absolute Gasteiger partial charge is 0.268 e. The lowest BCUT2D eigenvalue weighted by Crippen LogP contribution is -2.51. The summed E-state index contributed by atoms with van der Waals surface area (Å²) in [4.78, 5) is 40.7. The third-order valence-electron chi connectivity index (χ3n) is 5.82. The Bertz CT molecular complexity index is 1080. The fourth-order valence-corrected chi connectivity index (χ4v) is 4.20. The number of carbonyl (C=O) groups is 3. The molecular weight excluding hydrogens is 427 g/mol. The lowest BCUT2D eigenvalue weighted by molar-refractivity contribution is -0.125. The number of ether oxygens (including phenoxy) is 1. The number of Topliss-reactive ketones (excluding diaryl/α,β-unsaturated/α-hetero) is 1. The summed E-state index contributed by atoms with van der Waals surface area (Å²) in [5.41, 5.74) is -0.878. The van der Waals surface area contributed by atoms with Gasteiger partial charge in [-0.15, -0.1) is 0 Å². The van der Waals surface area contributed by atoms with Gasteiger partial charge in [-0.1, -0.05) is 6.07 Å². The number of rotatable bonds is 9. The molecule has 0 spiro atoms. The monoisotopic (exact) mass is 456 g/mol. The zero-order valence-corrected chi connectivity index (χ0v) is 19.0. The van der Waals surface area contributed by atoms with Crippen molar-refractivity contribution in [2.75, 3.05) is 7.11 Å². The third-order valence-corrected chi connectivity index (χ3v) is 5.82. The van der Waals surface area contributed by atoms with Crippen LogP contribution in [0.1, 0.15) is 56.4 Å².